The fraction of sp³-hybridized carbons (Fsp3) is 0.0625. The third kappa shape index (κ3) is 2.66. The molecule has 0 unspecified atom stereocenters. The van der Waals surface area contributed by atoms with E-state index in [1.807, 2.05) is 0 Å². The lowest BCUT2D eigenvalue weighted by atomic mass is 10.1. The highest BCUT2D eigenvalue weighted by Crippen LogP contribution is 2.34. The highest BCUT2D eigenvalue weighted by molar-refractivity contribution is 7.93. The number of fused-ring (bicyclic) bond motifs is 1. The van der Waals surface area contributed by atoms with E-state index in [9.17, 15) is 18.6 Å². The predicted molar refractivity (Wildman–Crippen MR) is 87.1 cm³/mol. The van der Waals surface area contributed by atoms with E-state index >= 15 is 0 Å². The molecule has 0 spiro atoms. The summed E-state index contributed by atoms with van der Waals surface area (Å²) in [6.45, 7) is 1.62. The van der Waals surface area contributed by atoms with Gasteiger partial charge in [0.05, 0.1) is 4.90 Å². The summed E-state index contributed by atoms with van der Waals surface area (Å²) in [5, 5.41) is 20.6. The van der Waals surface area contributed by atoms with Crippen LogP contribution in [-0.4, -0.2) is 23.6 Å². The Morgan fingerprint density at radius 3 is 2.43 bits per heavy atom. The molecule has 0 atom stereocenters. The van der Waals surface area contributed by atoms with E-state index in [4.69, 9.17) is 0 Å². The van der Waals surface area contributed by atoms with Gasteiger partial charge in [0.15, 0.2) is 11.6 Å². The fourth-order valence-corrected chi connectivity index (χ4v) is 3.66. The quantitative estimate of drug-likeness (QED) is 0.686. The van der Waals surface area contributed by atoms with Gasteiger partial charge in [0.25, 0.3) is 10.0 Å². The molecule has 0 saturated carbocycles. The number of benzene rings is 2. The molecule has 0 fully saturated rings. The zero-order valence-corrected chi connectivity index (χ0v) is 13.0. The molecule has 7 heteroatoms. The zero-order valence-electron chi connectivity index (χ0n) is 12.2. The van der Waals surface area contributed by atoms with Gasteiger partial charge in [-0.05, 0) is 30.7 Å². The Hall–Kier alpha value is -2.80. The minimum absolute atomic E-state index is 0.00783. The van der Waals surface area contributed by atoms with Crippen molar-refractivity contribution in [2.75, 3.05) is 4.72 Å². The van der Waals surface area contributed by atoms with Crippen LogP contribution >= 0.6 is 0 Å². The van der Waals surface area contributed by atoms with Gasteiger partial charge in [0, 0.05) is 17.0 Å². The van der Waals surface area contributed by atoms with Gasteiger partial charge in [-0.25, -0.2) is 13.4 Å². The number of aromatic nitrogens is 1. The lowest BCUT2D eigenvalue weighted by molar-refractivity contribution is 0.475. The molecule has 3 rings (SSSR count). The van der Waals surface area contributed by atoms with E-state index in [1.54, 1.807) is 31.2 Å². The van der Waals surface area contributed by atoms with Crippen LogP contribution in [-0.2, 0) is 10.0 Å². The number of phenolic OH excluding ortho intramolecular Hbond substituents is 1. The molecule has 1 aromatic heterocycles. The number of aromatic hydroxyl groups is 2. The van der Waals surface area contributed by atoms with Crippen LogP contribution in [0.1, 0.15) is 5.56 Å². The second-order valence-electron chi connectivity index (χ2n) is 5.06. The van der Waals surface area contributed by atoms with Gasteiger partial charge in [0.2, 0.25) is 0 Å². The second kappa shape index (κ2) is 5.44. The van der Waals surface area contributed by atoms with Crippen molar-refractivity contribution in [3.05, 3.63) is 54.2 Å². The highest BCUT2D eigenvalue weighted by atomic mass is 32.2. The Labute approximate surface area is 133 Å². The van der Waals surface area contributed by atoms with Crippen molar-refractivity contribution < 1.29 is 18.6 Å². The summed E-state index contributed by atoms with van der Waals surface area (Å²) >= 11 is 0. The van der Waals surface area contributed by atoms with E-state index in [2.05, 4.69) is 9.71 Å². The van der Waals surface area contributed by atoms with Gasteiger partial charge in [-0.15, -0.1) is 0 Å². The van der Waals surface area contributed by atoms with Crippen LogP contribution in [0.25, 0.3) is 10.8 Å². The van der Waals surface area contributed by atoms with Crippen molar-refractivity contribution in [3.63, 3.8) is 0 Å². The Morgan fingerprint density at radius 1 is 1.04 bits per heavy atom. The molecule has 0 aliphatic heterocycles. The zero-order chi connectivity index (χ0) is 16.6. The Bertz CT molecular complexity index is 1000. The first-order valence-electron chi connectivity index (χ1n) is 6.78. The van der Waals surface area contributed by atoms with Crippen LogP contribution in [0.5, 0.6) is 11.5 Å². The number of nitrogens with zero attached hydrogens (tertiary/aromatic N) is 1. The maximum atomic E-state index is 12.7. The Morgan fingerprint density at radius 2 is 1.74 bits per heavy atom. The molecule has 2 aromatic carbocycles. The van der Waals surface area contributed by atoms with Crippen molar-refractivity contribution >= 4 is 26.6 Å². The number of pyridine rings is 1. The van der Waals surface area contributed by atoms with E-state index in [0.29, 0.717) is 16.3 Å². The molecule has 3 aromatic rings. The molecule has 23 heavy (non-hydrogen) atoms. The average Bonchev–Trinajstić information content (AvgIpc) is 2.53. The lowest BCUT2D eigenvalue weighted by Gasteiger charge is -2.13. The molecular weight excluding hydrogens is 316 g/mol. The molecule has 6 nitrogen and oxygen atoms in total. The summed E-state index contributed by atoms with van der Waals surface area (Å²) in [6.07, 6.45) is 1.37. The van der Waals surface area contributed by atoms with Crippen molar-refractivity contribution in [3.8, 4) is 11.5 Å². The van der Waals surface area contributed by atoms with Crippen LogP contribution < -0.4 is 4.72 Å². The summed E-state index contributed by atoms with van der Waals surface area (Å²) in [5.74, 6) is -0.376. The summed E-state index contributed by atoms with van der Waals surface area (Å²) in [5.41, 5.74) is 0.439. The molecule has 3 N–H and O–H groups in total. The van der Waals surface area contributed by atoms with Crippen LogP contribution in [0.4, 0.5) is 5.82 Å². The first-order valence-corrected chi connectivity index (χ1v) is 8.26. The van der Waals surface area contributed by atoms with Crippen LogP contribution in [0.3, 0.4) is 0 Å². The summed E-state index contributed by atoms with van der Waals surface area (Å²) in [7, 11) is -3.99. The van der Waals surface area contributed by atoms with Gasteiger partial charge in [-0.2, -0.15) is 0 Å². The van der Waals surface area contributed by atoms with Crippen molar-refractivity contribution in [1.82, 2.24) is 4.98 Å². The summed E-state index contributed by atoms with van der Waals surface area (Å²) in [4.78, 5) is 3.83. The number of hydrogen-bond acceptors (Lipinski definition) is 5. The maximum absolute atomic E-state index is 12.7. The van der Waals surface area contributed by atoms with Crippen molar-refractivity contribution in [2.24, 2.45) is 0 Å². The van der Waals surface area contributed by atoms with Gasteiger partial charge in [-0.3, -0.25) is 4.72 Å². The molecule has 0 aliphatic rings. The minimum atomic E-state index is -3.99. The minimum Gasteiger partial charge on any atom is -0.507 e. The van der Waals surface area contributed by atoms with Gasteiger partial charge < -0.3 is 10.2 Å². The molecule has 0 aliphatic carbocycles. The highest BCUT2D eigenvalue weighted by Gasteiger charge is 2.21. The van der Waals surface area contributed by atoms with E-state index in [1.165, 1.54) is 24.4 Å². The SMILES string of the molecule is Cc1cc(S(=O)(=O)Nc2ncccc2O)c2ccccc2c1O. The topological polar surface area (TPSA) is 99.5 Å². The van der Waals surface area contributed by atoms with Crippen molar-refractivity contribution in [2.45, 2.75) is 11.8 Å². The standard InChI is InChI=1S/C16H14N2O4S/c1-10-9-14(11-5-2-3-6-12(11)15(10)20)23(21,22)18-16-13(19)7-4-8-17-16/h2-9,19-20H,1H3,(H,17,18). The second-order valence-corrected chi connectivity index (χ2v) is 6.71. The van der Waals surface area contributed by atoms with Crippen LogP contribution in [0.15, 0.2) is 53.6 Å². The average molecular weight is 330 g/mol. The van der Waals surface area contributed by atoms with Crippen molar-refractivity contribution in [1.29, 1.82) is 0 Å². The smallest absolute Gasteiger partial charge is 0.263 e. The number of nitrogens with one attached hydrogen (secondary N) is 1. The van der Waals surface area contributed by atoms with E-state index in [-0.39, 0.29) is 22.2 Å². The Kier molecular flexibility index (Phi) is 3.57. The van der Waals surface area contributed by atoms with Gasteiger partial charge in [0.1, 0.15) is 5.75 Å². The Balaban J connectivity index is 2.20. The third-order valence-corrected chi connectivity index (χ3v) is 4.85. The summed E-state index contributed by atoms with van der Waals surface area (Å²) < 4.78 is 27.6. The molecule has 0 radical (unpaired) electrons. The largest absolute Gasteiger partial charge is 0.507 e. The number of sulfonamides is 1. The number of rotatable bonds is 3. The predicted octanol–water partition coefficient (Wildman–Crippen LogP) is 2.76. The molecular formula is C16H14N2O4S. The number of anilines is 1. The maximum Gasteiger partial charge on any atom is 0.263 e. The summed E-state index contributed by atoms with van der Waals surface area (Å²) in [6, 6.07) is 10.9. The number of hydrogen-bond donors (Lipinski definition) is 3. The number of aryl methyl sites for hydroxylation is 1. The molecule has 0 saturated heterocycles. The lowest BCUT2D eigenvalue weighted by Crippen LogP contribution is -2.14. The van der Waals surface area contributed by atoms with Crippen LogP contribution in [0, 0.1) is 6.92 Å². The van der Waals surface area contributed by atoms with Crippen LogP contribution in [0.2, 0.25) is 0 Å². The first kappa shape index (κ1) is 15.1. The first-order chi connectivity index (χ1) is 10.9. The molecule has 1 heterocycles. The molecule has 0 bridgehead atoms. The molecule has 0 amide bonds. The monoisotopic (exact) mass is 330 g/mol. The number of phenols is 1. The molecule has 118 valence electrons. The third-order valence-electron chi connectivity index (χ3n) is 3.48. The van der Waals surface area contributed by atoms with E-state index < -0.39 is 10.0 Å². The van der Waals surface area contributed by atoms with Gasteiger partial charge in [-0.1, -0.05) is 24.3 Å². The fourth-order valence-electron chi connectivity index (χ4n) is 2.34. The van der Waals surface area contributed by atoms with E-state index in [0.717, 1.165) is 0 Å². The normalized spacial score (nSPS) is 11.5. The van der Waals surface area contributed by atoms with Gasteiger partial charge >= 0.3 is 0 Å².